The lowest BCUT2D eigenvalue weighted by atomic mass is 9.98. The fourth-order valence-electron chi connectivity index (χ4n) is 3.96. The summed E-state index contributed by atoms with van der Waals surface area (Å²) in [5, 5.41) is 17.1. The first kappa shape index (κ1) is 23.4. The topological polar surface area (TPSA) is 77.8 Å². The molecule has 34 heavy (non-hydrogen) atoms. The summed E-state index contributed by atoms with van der Waals surface area (Å²) in [5.74, 6) is 0.714. The lowest BCUT2D eigenvalue weighted by molar-refractivity contribution is -0.0888. The van der Waals surface area contributed by atoms with Gasteiger partial charge in [-0.15, -0.1) is 5.06 Å². The molecule has 0 atom stereocenters. The van der Waals surface area contributed by atoms with Crippen LogP contribution in [0.5, 0.6) is 5.75 Å². The molecule has 0 spiro atoms. The number of piperazine rings is 1. The van der Waals surface area contributed by atoms with Crippen LogP contribution in [0.1, 0.15) is 31.9 Å². The SMILES string of the molecule is Cc1c(C#N)c(Nc2ccc(ON3CCN(C(=O)OC(C)(C)C)CC3)cc2)cc2ccccc12. The van der Waals surface area contributed by atoms with Gasteiger partial charge < -0.3 is 19.8 Å². The highest BCUT2D eigenvalue weighted by molar-refractivity contribution is 5.92. The van der Waals surface area contributed by atoms with Crippen LogP contribution in [0.15, 0.2) is 54.6 Å². The molecule has 0 saturated carbocycles. The van der Waals surface area contributed by atoms with Crippen LogP contribution in [-0.2, 0) is 4.74 Å². The van der Waals surface area contributed by atoms with Crippen LogP contribution >= 0.6 is 0 Å². The first-order valence-corrected chi connectivity index (χ1v) is 11.4. The van der Waals surface area contributed by atoms with Crippen molar-refractivity contribution in [2.75, 3.05) is 31.5 Å². The number of rotatable bonds is 4. The molecule has 0 aromatic heterocycles. The Kier molecular flexibility index (Phi) is 6.62. The number of anilines is 2. The van der Waals surface area contributed by atoms with Crippen molar-refractivity contribution in [3.05, 3.63) is 65.7 Å². The highest BCUT2D eigenvalue weighted by Gasteiger charge is 2.26. The molecule has 3 aromatic rings. The maximum Gasteiger partial charge on any atom is 0.410 e. The summed E-state index contributed by atoms with van der Waals surface area (Å²) in [6.45, 7) is 9.87. The molecule has 4 rings (SSSR count). The van der Waals surface area contributed by atoms with Gasteiger partial charge in [0.2, 0.25) is 0 Å². The summed E-state index contributed by atoms with van der Waals surface area (Å²) in [4.78, 5) is 19.9. The van der Waals surface area contributed by atoms with Gasteiger partial charge in [-0.05, 0) is 74.4 Å². The predicted octanol–water partition coefficient (Wildman–Crippen LogP) is 5.61. The monoisotopic (exact) mass is 458 g/mol. The number of aryl methyl sites for hydroxylation is 1. The van der Waals surface area contributed by atoms with Gasteiger partial charge in [-0.2, -0.15) is 5.26 Å². The normalized spacial score (nSPS) is 14.5. The number of ether oxygens (including phenoxy) is 1. The standard InChI is InChI=1S/C27H30N4O3/c1-19-23-8-6-5-7-20(23)17-25(24(19)18-28)29-21-9-11-22(12-10-21)34-31-15-13-30(14-16-31)26(32)33-27(2,3)4/h5-12,17,29H,13-16H2,1-4H3. The maximum absolute atomic E-state index is 12.2. The molecule has 1 heterocycles. The Hall–Kier alpha value is -3.76. The van der Waals surface area contributed by atoms with Crippen molar-refractivity contribution in [1.29, 1.82) is 5.26 Å². The van der Waals surface area contributed by atoms with Crippen LogP contribution in [0, 0.1) is 18.3 Å². The molecular weight excluding hydrogens is 428 g/mol. The van der Waals surface area contributed by atoms with Gasteiger partial charge in [-0.3, -0.25) is 0 Å². The molecule has 1 aliphatic rings. The average Bonchev–Trinajstić information content (AvgIpc) is 2.80. The minimum Gasteiger partial charge on any atom is -0.444 e. The Morgan fingerprint density at radius 3 is 2.35 bits per heavy atom. The largest absolute Gasteiger partial charge is 0.444 e. The molecule has 7 nitrogen and oxygen atoms in total. The molecule has 1 aliphatic heterocycles. The first-order valence-electron chi connectivity index (χ1n) is 11.4. The lowest BCUT2D eigenvalue weighted by Crippen LogP contribution is -2.50. The van der Waals surface area contributed by atoms with E-state index in [1.807, 2.05) is 87.4 Å². The zero-order valence-electron chi connectivity index (χ0n) is 20.1. The molecule has 3 aromatic carbocycles. The second kappa shape index (κ2) is 9.62. The Labute approximate surface area is 200 Å². The average molecular weight is 459 g/mol. The third-order valence-electron chi connectivity index (χ3n) is 5.68. The van der Waals surface area contributed by atoms with Crippen molar-refractivity contribution in [3.63, 3.8) is 0 Å². The summed E-state index contributed by atoms with van der Waals surface area (Å²) in [7, 11) is 0. The van der Waals surface area contributed by atoms with E-state index in [2.05, 4.69) is 11.4 Å². The minimum atomic E-state index is -0.500. The quantitative estimate of drug-likeness (QED) is 0.548. The van der Waals surface area contributed by atoms with Crippen LogP contribution in [0.4, 0.5) is 16.2 Å². The van der Waals surface area contributed by atoms with Crippen LogP contribution in [-0.4, -0.2) is 47.8 Å². The van der Waals surface area contributed by atoms with Crippen molar-refractivity contribution < 1.29 is 14.4 Å². The summed E-state index contributed by atoms with van der Waals surface area (Å²) >= 11 is 0. The van der Waals surface area contributed by atoms with Gasteiger partial charge in [0.15, 0.2) is 0 Å². The van der Waals surface area contributed by atoms with Crippen LogP contribution in [0.2, 0.25) is 0 Å². The van der Waals surface area contributed by atoms with Crippen LogP contribution < -0.4 is 10.2 Å². The number of nitrogens with one attached hydrogen (secondary N) is 1. The van der Waals surface area contributed by atoms with Crippen molar-refractivity contribution in [1.82, 2.24) is 9.96 Å². The molecule has 7 heteroatoms. The Morgan fingerprint density at radius 1 is 1.03 bits per heavy atom. The Bertz CT molecular complexity index is 1220. The number of hydroxylamine groups is 2. The number of carbonyl (C=O) groups is 1. The van der Waals surface area contributed by atoms with Crippen molar-refractivity contribution in [2.45, 2.75) is 33.3 Å². The van der Waals surface area contributed by atoms with Crippen LogP contribution in [0.3, 0.4) is 0 Å². The fourth-order valence-corrected chi connectivity index (χ4v) is 3.96. The molecule has 1 N–H and O–H groups in total. The number of nitrogens with zero attached hydrogens (tertiary/aromatic N) is 3. The van der Waals surface area contributed by atoms with Crippen LogP contribution in [0.25, 0.3) is 10.8 Å². The number of hydrogen-bond donors (Lipinski definition) is 1. The smallest absolute Gasteiger partial charge is 0.410 e. The van der Waals surface area contributed by atoms with Crippen molar-refractivity contribution in [2.24, 2.45) is 0 Å². The number of nitriles is 1. The van der Waals surface area contributed by atoms with Gasteiger partial charge in [0.05, 0.1) is 24.3 Å². The third-order valence-corrected chi connectivity index (χ3v) is 5.68. The maximum atomic E-state index is 12.2. The number of hydrogen-bond acceptors (Lipinski definition) is 6. The highest BCUT2D eigenvalue weighted by Crippen LogP contribution is 2.31. The zero-order valence-corrected chi connectivity index (χ0v) is 20.1. The van der Waals surface area contributed by atoms with E-state index in [0.717, 1.165) is 27.7 Å². The van der Waals surface area contributed by atoms with Crippen molar-refractivity contribution >= 4 is 28.2 Å². The van der Waals surface area contributed by atoms with E-state index < -0.39 is 5.60 Å². The first-order chi connectivity index (χ1) is 16.2. The molecule has 0 bridgehead atoms. The number of benzene rings is 3. The Balaban J connectivity index is 1.38. The molecule has 1 amide bonds. The van der Waals surface area contributed by atoms with Crippen molar-refractivity contribution in [3.8, 4) is 11.8 Å². The molecule has 0 aliphatic carbocycles. The minimum absolute atomic E-state index is 0.289. The van der Waals surface area contributed by atoms with E-state index in [9.17, 15) is 10.1 Å². The molecule has 0 unspecified atom stereocenters. The van der Waals surface area contributed by atoms with E-state index in [-0.39, 0.29) is 6.09 Å². The molecule has 176 valence electrons. The van der Waals surface area contributed by atoms with Gasteiger partial charge in [-0.1, -0.05) is 24.3 Å². The van der Waals surface area contributed by atoms with E-state index in [0.29, 0.717) is 37.5 Å². The van der Waals surface area contributed by atoms with E-state index >= 15 is 0 Å². The summed E-state index contributed by atoms with van der Waals surface area (Å²) in [5.41, 5.74) is 2.76. The highest BCUT2D eigenvalue weighted by atomic mass is 16.7. The third kappa shape index (κ3) is 5.41. The molecule has 1 fully saturated rings. The summed E-state index contributed by atoms with van der Waals surface area (Å²) in [6.07, 6.45) is -0.289. The number of amides is 1. The molecule has 0 radical (unpaired) electrons. The predicted molar refractivity (Wildman–Crippen MR) is 133 cm³/mol. The molecule has 1 saturated heterocycles. The van der Waals surface area contributed by atoms with Gasteiger partial charge in [0.25, 0.3) is 0 Å². The number of carbonyl (C=O) groups excluding carboxylic acids is 1. The van der Waals surface area contributed by atoms with Gasteiger partial charge >= 0.3 is 6.09 Å². The second-order valence-electron chi connectivity index (χ2n) is 9.39. The van der Waals surface area contributed by atoms with Gasteiger partial charge in [0, 0.05) is 18.8 Å². The second-order valence-corrected chi connectivity index (χ2v) is 9.39. The lowest BCUT2D eigenvalue weighted by Gasteiger charge is -2.34. The summed E-state index contributed by atoms with van der Waals surface area (Å²) in [6, 6.07) is 20.1. The summed E-state index contributed by atoms with van der Waals surface area (Å²) < 4.78 is 5.44. The zero-order chi connectivity index (χ0) is 24.3. The van der Waals surface area contributed by atoms with Gasteiger partial charge in [0.1, 0.15) is 17.4 Å². The number of fused-ring (bicyclic) bond motifs is 1. The Morgan fingerprint density at radius 2 is 1.71 bits per heavy atom. The molecular formula is C27H30N4O3. The van der Waals surface area contributed by atoms with E-state index in [4.69, 9.17) is 9.57 Å². The van der Waals surface area contributed by atoms with E-state index in [1.165, 1.54) is 0 Å². The fraction of sp³-hybridized carbons (Fsp3) is 0.333. The van der Waals surface area contributed by atoms with E-state index in [1.54, 1.807) is 4.90 Å². The van der Waals surface area contributed by atoms with Gasteiger partial charge in [-0.25, -0.2) is 4.79 Å².